The summed E-state index contributed by atoms with van der Waals surface area (Å²) >= 11 is 5.88. The van der Waals surface area contributed by atoms with Crippen LogP contribution in [0.2, 0.25) is 5.02 Å². The van der Waals surface area contributed by atoms with Crippen LogP contribution in [0.3, 0.4) is 0 Å². The van der Waals surface area contributed by atoms with E-state index in [0.717, 1.165) is 18.2 Å². The van der Waals surface area contributed by atoms with Crippen molar-refractivity contribution in [3.8, 4) is 6.07 Å². The van der Waals surface area contributed by atoms with Gasteiger partial charge < -0.3 is 5.32 Å². The molecule has 1 aliphatic rings. The van der Waals surface area contributed by atoms with Crippen molar-refractivity contribution in [2.24, 2.45) is 5.92 Å². The van der Waals surface area contributed by atoms with Crippen molar-refractivity contribution in [2.45, 2.75) is 19.3 Å². The molecule has 0 amide bonds. The van der Waals surface area contributed by atoms with Gasteiger partial charge in [-0.2, -0.15) is 5.26 Å². The van der Waals surface area contributed by atoms with E-state index in [-0.39, 0.29) is 0 Å². The lowest BCUT2D eigenvalue weighted by Gasteiger charge is -2.07. The minimum absolute atomic E-state index is 0.662. The van der Waals surface area contributed by atoms with Gasteiger partial charge in [0.1, 0.15) is 6.07 Å². The summed E-state index contributed by atoms with van der Waals surface area (Å²) in [7, 11) is 0. The van der Waals surface area contributed by atoms with Crippen LogP contribution in [0.5, 0.6) is 0 Å². The second-order valence-electron chi connectivity index (χ2n) is 3.96. The van der Waals surface area contributed by atoms with E-state index in [1.807, 2.05) is 6.07 Å². The first-order chi connectivity index (χ1) is 7.29. The Morgan fingerprint density at radius 2 is 2.27 bits per heavy atom. The number of halogens is 1. The first-order valence-electron chi connectivity index (χ1n) is 5.23. The number of rotatable bonds is 4. The zero-order valence-electron chi connectivity index (χ0n) is 8.46. The molecule has 78 valence electrons. The molecule has 0 unspecified atom stereocenters. The summed E-state index contributed by atoms with van der Waals surface area (Å²) in [5.41, 5.74) is 1.51. The Labute approximate surface area is 94.9 Å². The first kappa shape index (κ1) is 10.3. The fourth-order valence-electron chi connectivity index (χ4n) is 1.58. The summed E-state index contributed by atoms with van der Waals surface area (Å²) in [4.78, 5) is 0. The summed E-state index contributed by atoms with van der Waals surface area (Å²) in [6.07, 6.45) is 3.92. The Kier molecular flexibility index (Phi) is 3.13. The quantitative estimate of drug-likeness (QED) is 0.844. The van der Waals surface area contributed by atoms with Crippen molar-refractivity contribution in [1.29, 1.82) is 5.26 Å². The number of anilines is 1. The molecule has 0 heterocycles. The topological polar surface area (TPSA) is 35.8 Å². The van der Waals surface area contributed by atoms with Crippen LogP contribution < -0.4 is 5.32 Å². The minimum Gasteiger partial charge on any atom is -0.384 e. The highest BCUT2D eigenvalue weighted by molar-refractivity contribution is 6.30. The molecule has 0 aromatic heterocycles. The molecule has 1 fully saturated rings. The molecule has 0 radical (unpaired) electrons. The molecule has 0 atom stereocenters. The van der Waals surface area contributed by atoms with Crippen molar-refractivity contribution >= 4 is 17.3 Å². The molecule has 2 nitrogen and oxygen atoms in total. The average molecular weight is 221 g/mol. The third kappa shape index (κ3) is 2.87. The van der Waals surface area contributed by atoms with Gasteiger partial charge in [-0.05, 0) is 30.5 Å². The number of nitriles is 1. The van der Waals surface area contributed by atoms with E-state index in [4.69, 9.17) is 16.9 Å². The van der Waals surface area contributed by atoms with Crippen molar-refractivity contribution in [1.82, 2.24) is 0 Å². The van der Waals surface area contributed by atoms with E-state index in [9.17, 15) is 0 Å². The van der Waals surface area contributed by atoms with Crippen LogP contribution in [-0.4, -0.2) is 6.54 Å². The van der Waals surface area contributed by atoms with Gasteiger partial charge in [-0.1, -0.05) is 24.4 Å². The van der Waals surface area contributed by atoms with Gasteiger partial charge in [-0.15, -0.1) is 0 Å². The van der Waals surface area contributed by atoms with Crippen molar-refractivity contribution < 1.29 is 0 Å². The molecule has 1 saturated carbocycles. The van der Waals surface area contributed by atoms with Gasteiger partial charge in [0.25, 0.3) is 0 Å². The second-order valence-corrected chi connectivity index (χ2v) is 4.40. The molecule has 1 aromatic rings. The van der Waals surface area contributed by atoms with Gasteiger partial charge in [0, 0.05) is 11.6 Å². The van der Waals surface area contributed by atoms with Gasteiger partial charge in [0.05, 0.1) is 11.3 Å². The number of benzene rings is 1. The SMILES string of the molecule is N#Cc1ccc(Cl)cc1NCCC1CC1. The highest BCUT2D eigenvalue weighted by atomic mass is 35.5. The normalized spacial score (nSPS) is 14.7. The van der Waals surface area contributed by atoms with Crippen LogP contribution in [0, 0.1) is 17.2 Å². The van der Waals surface area contributed by atoms with Crippen molar-refractivity contribution in [3.63, 3.8) is 0 Å². The van der Waals surface area contributed by atoms with Crippen LogP contribution in [0.4, 0.5) is 5.69 Å². The third-order valence-electron chi connectivity index (χ3n) is 2.67. The Balaban J connectivity index is 1.98. The third-order valence-corrected chi connectivity index (χ3v) is 2.90. The summed E-state index contributed by atoms with van der Waals surface area (Å²) in [5, 5.41) is 12.8. The Hall–Kier alpha value is -1.20. The molecular formula is C12H13ClN2. The number of nitrogens with one attached hydrogen (secondary N) is 1. The Morgan fingerprint density at radius 3 is 2.93 bits per heavy atom. The van der Waals surface area contributed by atoms with Crippen molar-refractivity contribution in [2.75, 3.05) is 11.9 Å². The van der Waals surface area contributed by atoms with E-state index in [2.05, 4.69) is 11.4 Å². The maximum Gasteiger partial charge on any atom is 0.101 e. The molecular weight excluding hydrogens is 208 g/mol. The zero-order valence-corrected chi connectivity index (χ0v) is 9.22. The maximum atomic E-state index is 8.90. The molecule has 15 heavy (non-hydrogen) atoms. The molecule has 1 aliphatic carbocycles. The largest absolute Gasteiger partial charge is 0.384 e. The zero-order chi connectivity index (χ0) is 10.7. The fraction of sp³-hybridized carbons (Fsp3) is 0.417. The lowest BCUT2D eigenvalue weighted by Crippen LogP contribution is -2.03. The molecule has 2 rings (SSSR count). The van der Waals surface area contributed by atoms with Gasteiger partial charge >= 0.3 is 0 Å². The molecule has 3 heteroatoms. The first-order valence-corrected chi connectivity index (χ1v) is 5.61. The number of hydrogen-bond donors (Lipinski definition) is 1. The molecule has 0 aliphatic heterocycles. The smallest absolute Gasteiger partial charge is 0.101 e. The monoisotopic (exact) mass is 220 g/mol. The lowest BCUT2D eigenvalue weighted by molar-refractivity contribution is 0.760. The van der Waals surface area contributed by atoms with Gasteiger partial charge in [-0.25, -0.2) is 0 Å². The Bertz CT molecular complexity index is 391. The summed E-state index contributed by atoms with van der Waals surface area (Å²) < 4.78 is 0. The lowest BCUT2D eigenvalue weighted by atomic mass is 10.2. The highest BCUT2D eigenvalue weighted by Gasteiger charge is 2.20. The predicted molar refractivity (Wildman–Crippen MR) is 62.0 cm³/mol. The molecule has 0 spiro atoms. The fourth-order valence-corrected chi connectivity index (χ4v) is 1.75. The van der Waals surface area contributed by atoms with Gasteiger partial charge in [0.2, 0.25) is 0 Å². The summed E-state index contributed by atoms with van der Waals surface area (Å²) in [6.45, 7) is 0.930. The van der Waals surface area contributed by atoms with Gasteiger partial charge in [-0.3, -0.25) is 0 Å². The van der Waals surface area contributed by atoms with E-state index >= 15 is 0 Å². The Morgan fingerprint density at radius 1 is 1.47 bits per heavy atom. The molecule has 0 bridgehead atoms. The molecule has 0 saturated heterocycles. The summed E-state index contributed by atoms with van der Waals surface area (Å²) in [5.74, 6) is 0.905. The van der Waals surface area contributed by atoms with Crippen molar-refractivity contribution in [3.05, 3.63) is 28.8 Å². The summed E-state index contributed by atoms with van der Waals surface area (Å²) in [6, 6.07) is 7.46. The minimum atomic E-state index is 0.662. The average Bonchev–Trinajstić information content (AvgIpc) is 3.02. The van der Waals surface area contributed by atoms with Crippen LogP contribution in [0.15, 0.2) is 18.2 Å². The van der Waals surface area contributed by atoms with E-state index in [1.54, 1.807) is 12.1 Å². The second kappa shape index (κ2) is 4.55. The highest BCUT2D eigenvalue weighted by Crippen LogP contribution is 2.32. The van der Waals surface area contributed by atoms with Crippen LogP contribution in [0.1, 0.15) is 24.8 Å². The standard InChI is InChI=1S/C12H13ClN2/c13-11-4-3-10(8-14)12(7-11)15-6-5-9-1-2-9/h3-4,7,9,15H,1-2,5-6H2. The van der Waals surface area contributed by atoms with E-state index in [1.165, 1.54) is 19.3 Å². The number of nitrogens with zero attached hydrogens (tertiary/aromatic N) is 1. The van der Waals surface area contributed by atoms with Crippen LogP contribution in [-0.2, 0) is 0 Å². The number of hydrogen-bond acceptors (Lipinski definition) is 2. The van der Waals surface area contributed by atoms with Crippen LogP contribution >= 0.6 is 11.6 Å². The van der Waals surface area contributed by atoms with Crippen LogP contribution in [0.25, 0.3) is 0 Å². The van der Waals surface area contributed by atoms with E-state index in [0.29, 0.717) is 10.6 Å². The van der Waals surface area contributed by atoms with E-state index < -0.39 is 0 Å². The molecule has 1 N–H and O–H groups in total. The molecule has 1 aromatic carbocycles. The predicted octanol–water partition coefficient (Wildman–Crippen LogP) is 3.42. The van der Waals surface area contributed by atoms with Gasteiger partial charge in [0.15, 0.2) is 0 Å². The maximum absolute atomic E-state index is 8.90.